The Hall–Kier alpha value is -2.69. The van der Waals surface area contributed by atoms with Crippen LogP contribution < -0.4 is 0 Å². The van der Waals surface area contributed by atoms with Crippen LogP contribution in [0.4, 0.5) is 4.39 Å². The minimum Gasteiger partial charge on any atom is -0.337 e. The van der Waals surface area contributed by atoms with Gasteiger partial charge in [0.15, 0.2) is 5.82 Å². The molecule has 4 nitrogen and oxygen atoms in total. The smallest absolute Gasteiger partial charge is 0.159 e. The largest absolute Gasteiger partial charge is 0.337 e. The number of rotatable bonds is 1. The van der Waals surface area contributed by atoms with Gasteiger partial charge in [-0.05, 0) is 55.3 Å². The van der Waals surface area contributed by atoms with E-state index in [1.165, 1.54) is 23.3 Å². The van der Waals surface area contributed by atoms with Crippen LogP contribution in [0.1, 0.15) is 11.1 Å². The van der Waals surface area contributed by atoms with Crippen LogP contribution in [0.3, 0.4) is 0 Å². The van der Waals surface area contributed by atoms with E-state index in [0.29, 0.717) is 17.0 Å². The molecule has 0 radical (unpaired) electrons. The molecule has 2 heterocycles. The van der Waals surface area contributed by atoms with Gasteiger partial charge in [0.2, 0.25) is 0 Å². The van der Waals surface area contributed by atoms with E-state index in [0.717, 1.165) is 16.4 Å². The number of aromatic amines is 2. The summed E-state index contributed by atoms with van der Waals surface area (Å²) in [6, 6.07) is 8.71. The van der Waals surface area contributed by atoms with Crippen LogP contribution in [0.5, 0.6) is 0 Å². The van der Waals surface area contributed by atoms with Gasteiger partial charge in [-0.2, -0.15) is 5.10 Å². The number of hydrogen-bond donors (Lipinski definition) is 2. The van der Waals surface area contributed by atoms with Crippen molar-refractivity contribution in [2.45, 2.75) is 13.8 Å². The Morgan fingerprint density at radius 3 is 2.67 bits per heavy atom. The molecule has 0 atom stereocenters. The third kappa shape index (κ3) is 1.81. The Morgan fingerprint density at radius 1 is 1.00 bits per heavy atom. The van der Waals surface area contributed by atoms with Crippen molar-refractivity contribution in [2.24, 2.45) is 0 Å². The third-order valence-corrected chi connectivity index (χ3v) is 3.85. The lowest BCUT2D eigenvalue weighted by atomic mass is 10.1. The van der Waals surface area contributed by atoms with Crippen LogP contribution in [0.25, 0.3) is 33.5 Å². The third-order valence-electron chi connectivity index (χ3n) is 3.85. The van der Waals surface area contributed by atoms with Crippen molar-refractivity contribution < 1.29 is 4.39 Å². The number of benzene rings is 2. The molecule has 0 aliphatic heterocycles. The Labute approximate surface area is 120 Å². The number of hydrogen-bond acceptors (Lipinski definition) is 2. The van der Waals surface area contributed by atoms with Gasteiger partial charge in [-0.1, -0.05) is 0 Å². The predicted octanol–water partition coefficient (Wildman–Crippen LogP) is 3.86. The minimum absolute atomic E-state index is 0.284. The van der Waals surface area contributed by atoms with Gasteiger partial charge in [-0.15, -0.1) is 0 Å². The standard InChI is InChI=1S/C16H13FN4/c1-8-5-13-14(6-9(8)2)19-16(18-13)15-11-4-3-10(17)7-12(11)20-21-15/h3-7H,1-2H3,(H,18,19)(H,20,21). The Morgan fingerprint density at radius 2 is 1.81 bits per heavy atom. The van der Waals surface area contributed by atoms with E-state index in [9.17, 15) is 4.39 Å². The van der Waals surface area contributed by atoms with Crippen molar-refractivity contribution in [3.8, 4) is 11.5 Å². The molecular formula is C16H13FN4. The predicted molar refractivity (Wildman–Crippen MR) is 80.6 cm³/mol. The molecule has 2 N–H and O–H groups in total. The first kappa shape index (κ1) is 12.1. The molecule has 0 unspecified atom stereocenters. The van der Waals surface area contributed by atoms with Gasteiger partial charge in [0.25, 0.3) is 0 Å². The second kappa shape index (κ2) is 4.15. The van der Waals surface area contributed by atoms with Gasteiger partial charge >= 0.3 is 0 Å². The molecule has 0 aliphatic rings. The van der Waals surface area contributed by atoms with Crippen LogP contribution >= 0.6 is 0 Å². The van der Waals surface area contributed by atoms with Crippen LogP contribution in [0.15, 0.2) is 30.3 Å². The van der Waals surface area contributed by atoms with Gasteiger partial charge in [0.1, 0.15) is 11.5 Å². The molecule has 5 heteroatoms. The number of nitrogens with zero attached hydrogens (tertiary/aromatic N) is 2. The first-order chi connectivity index (χ1) is 10.1. The van der Waals surface area contributed by atoms with E-state index >= 15 is 0 Å². The van der Waals surface area contributed by atoms with Gasteiger partial charge < -0.3 is 4.98 Å². The monoisotopic (exact) mass is 280 g/mol. The molecule has 21 heavy (non-hydrogen) atoms. The second-order valence-electron chi connectivity index (χ2n) is 5.30. The summed E-state index contributed by atoms with van der Waals surface area (Å²) in [6.45, 7) is 4.14. The first-order valence-electron chi connectivity index (χ1n) is 6.73. The fourth-order valence-electron chi connectivity index (χ4n) is 2.55. The molecule has 104 valence electrons. The Balaban J connectivity index is 1.95. The number of nitrogens with one attached hydrogen (secondary N) is 2. The van der Waals surface area contributed by atoms with E-state index in [2.05, 4.69) is 46.1 Å². The fraction of sp³-hybridized carbons (Fsp3) is 0.125. The Bertz CT molecular complexity index is 942. The Kier molecular flexibility index (Phi) is 2.39. The lowest BCUT2D eigenvalue weighted by Gasteiger charge is -1.97. The highest BCUT2D eigenvalue weighted by molar-refractivity contribution is 5.93. The summed E-state index contributed by atoms with van der Waals surface area (Å²) < 4.78 is 13.2. The zero-order valence-electron chi connectivity index (χ0n) is 11.7. The summed E-state index contributed by atoms with van der Waals surface area (Å²) >= 11 is 0. The summed E-state index contributed by atoms with van der Waals surface area (Å²) in [7, 11) is 0. The van der Waals surface area contributed by atoms with Crippen molar-refractivity contribution in [2.75, 3.05) is 0 Å². The number of aryl methyl sites for hydroxylation is 2. The number of imidazole rings is 1. The maximum Gasteiger partial charge on any atom is 0.159 e. The van der Waals surface area contributed by atoms with Crippen LogP contribution in [-0.4, -0.2) is 20.2 Å². The molecule has 4 rings (SSSR count). The molecule has 0 saturated heterocycles. The van der Waals surface area contributed by atoms with E-state index in [1.807, 2.05) is 0 Å². The summed E-state index contributed by atoms with van der Waals surface area (Å²) in [4.78, 5) is 7.88. The number of fused-ring (bicyclic) bond motifs is 2. The average molecular weight is 280 g/mol. The molecule has 0 spiro atoms. The van der Waals surface area contributed by atoms with E-state index in [4.69, 9.17) is 0 Å². The molecule has 0 amide bonds. The van der Waals surface area contributed by atoms with Crippen molar-refractivity contribution >= 4 is 21.9 Å². The maximum absolute atomic E-state index is 13.2. The summed E-state index contributed by atoms with van der Waals surface area (Å²) in [5.41, 5.74) is 5.67. The SMILES string of the molecule is Cc1cc2nc(-c3n[nH]c4cc(F)ccc34)[nH]c2cc1C. The molecule has 0 bridgehead atoms. The molecule has 2 aromatic heterocycles. The number of aromatic nitrogens is 4. The lowest BCUT2D eigenvalue weighted by Crippen LogP contribution is -1.81. The highest BCUT2D eigenvalue weighted by atomic mass is 19.1. The van der Waals surface area contributed by atoms with Gasteiger partial charge in [-0.3, -0.25) is 5.10 Å². The summed E-state index contributed by atoms with van der Waals surface area (Å²) in [5, 5.41) is 7.96. The van der Waals surface area contributed by atoms with Crippen molar-refractivity contribution in [1.29, 1.82) is 0 Å². The van der Waals surface area contributed by atoms with Crippen molar-refractivity contribution in [1.82, 2.24) is 20.2 Å². The first-order valence-corrected chi connectivity index (χ1v) is 6.73. The van der Waals surface area contributed by atoms with Crippen LogP contribution in [0.2, 0.25) is 0 Å². The molecule has 4 aromatic rings. The van der Waals surface area contributed by atoms with E-state index in [-0.39, 0.29) is 5.82 Å². The van der Waals surface area contributed by atoms with Crippen LogP contribution in [0, 0.1) is 19.7 Å². The molecule has 0 fully saturated rings. The zero-order valence-corrected chi connectivity index (χ0v) is 11.7. The topological polar surface area (TPSA) is 57.4 Å². The number of halogens is 1. The van der Waals surface area contributed by atoms with Gasteiger partial charge in [0, 0.05) is 5.39 Å². The second-order valence-corrected chi connectivity index (χ2v) is 5.30. The lowest BCUT2D eigenvalue weighted by molar-refractivity contribution is 0.629. The van der Waals surface area contributed by atoms with Crippen molar-refractivity contribution in [3.63, 3.8) is 0 Å². The fourth-order valence-corrected chi connectivity index (χ4v) is 2.55. The van der Waals surface area contributed by atoms with Gasteiger partial charge in [0.05, 0.1) is 16.6 Å². The minimum atomic E-state index is -0.284. The normalized spacial score (nSPS) is 11.6. The van der Waals surface area contributed by atoms with Crippen molar-refractivity contribution in [3.05, 3.63) is 47.3 Å². The molecular weight excluding hydrogens is 267 g/mol. The number of H-pyrrole nitrogens is 2. The zero-order chi connectivity index (χ0) is 14.6. The van der Waals surface area contributed by atoms with E-state index in [1.54, 1.807) is 6.07 Å². The summed E-state index contributed by atoms with van der Waals surface area (Å²) in [6.07, 6.45) is 0. The highest BCUT2D eigenvalue weighted by Crippen LogP contribution is 2.27. The average Bonchev–Trinajstić information content (AvgIpc) is 3.02. The van der Waals surface area contributed by atoms with Crippen LogP contribution in [-0.2, 0) is 0 Å². The molecule has 2 aromatic carbocycles. The highest BCUT2D eigenvalue weighted by Gasteiger charge is 2.13. The maximum atomic E-state index is 13.2. The molecule has 0 saturated carbocycles. The molecule has 0 aliphatic carbocycles. The summed E-state index contributed by atoms with van der Waals surface area (Å²) in [5.74, 6) is 0.404. The van der Waals surface area contributed by atoms with E-state index < -0.39 is 0 Å². The quantitative estimate of drug-likeness (QED) is 0.556. The van der Waals surface area contributed by atoms with Gasteiger partial charge in [-0.25, -0.2) is 9.37 Å².